The van der Waals surface area contributed by atoms with Crippen molar-refractivity contribution in [2.24, 2.45) is 5.92 Å². The summed E-state index contributed by atoms with van der Waals surface area (Å²) in [5.41, 5.74) is 4.41. The van der Waals surface area contributed by atoms with Crippen molar-refractivity contribution in [3.05, 3.63) is 107 Å². The molecule has 1 fully saturated rings. The molecule has 1 aliphatic carbocycles. The van der Waals surface area contributed by atoms with Crippen LogP contribution in [0.5, 0.6) is 0 Å². The molecule has 4 aromatic rings. The Bertz CT molecular complexity index is 1490. The number of nitrogens with one attached hydrogen (secondary N) is 1. The number of amides is 1. The van der Waals surface area contributed by atoms with E-state index in [1.165, 1.54) is 6.20 Å². The van der Waals surface area contributed by atoms with E-state index in [4.69, 9.17) is 16.3 Å². The van der Waals surface area contributed by atoms with E-state index in [1.807, 2.05) is 36.4 Å². The van der Waals surface area contributed by atoms with Crippen LogP contribution in [0.3, 0.4) is 0 Å². The third-order valence-electron chi connectivity index (χ3n) is 6.78. The van der Waals surface area contributed by atoms with Crippen molar-refractivity contribution in [2.75, 3.05) is 11.9 Å². The van der Waals surface area contributed by atoms with Crippen molar-refractivity contribution in [3.63, 3.8) is 0 Å². The Hall–Kier alpha value is -4.23. The Kier molecular flexibility index (Phi) is 7.89. The lowest BCUT2D eigenvalue weighted by Gasteiger charge is -2.17. The molecule has 39 heavy (non-hydrogen) atoms. The zero-order chi connectivity index (χ0) is 27.4. The highest BCUT2D eigenvalue weighted by Crippen LogP contribution is 2.39. The SMILES string of the molecule is CCOC(=O)c1ccc(NC(=O)C(CC2CC2)c2ccc(-c3cc(Cl)ccc3-c3ccccn3)c[n+]2[O-])cc1. The van der Waals surface area contributed by atoms with Gasteiger partial charge in [0.2, 0.25) is 11.6 Å². The van der Waals surface area contributed by atoms with Crippen LogP contribution in [0.1, 0.15) is 48.2 Å². The average Bonchev–Trinajstić information content (AvgIpc) is 3.77. The molecule has 1 N–H and O–H groups in total. The topological polar surface area (TPSA) is 95.2 Å². The molecule has 2 aromatic heterocycles. The van der Waals surface area contributed by atoms with E-state index in [-0.39, 0.29) is 12.5 Å². The van der Waals surface area contributed by atoms with Gasteiger partial charge in [-0.25, -0.2) is 4.79 Å². The zero-order valence-electron chi connectivity index (χ0n) is 21.5. The van der Waals surface area contributed by atoms with Crippen LogP contribution >= 0.6 is 11.6 Å². The predicted molar refractivity (Wildman–Crippen MR) is 150 cm³/mol. The van der Waals surface area contributed by atoms with E-state index >= 15 is 0 Å². The molecule has 1 amide bonds. The fourth-order valence-electron chi connectivity index (χ4n) is 4.60. The summed E-state index contributed by atoms with van der Waals surface area (Å²) in [5, 5.41) is 16.8. The molecule has 0 saturated heterocycles. The Labute approximate surface area is 232 Å². The maximum absolute atomic E-state index is 13.4. The van der Waals surface area contributed by atoms with Gasteiger partial charge in [-0.05, 0) is 79.4 Å². The molecule has 0 bridgehead atoms. The number of halogens is 1. The first-order chi connectivity index (χ1) is 18.9. The number of rotatable bonds is 9. The summed E-state index contributed by atoms with van der Waals surface area (Å²) in [5.74, 6) is -0.890. The number of ether oxygens (including phenoxy) is 1. The van der Waals surface area contributed by atoms with Gasteiger partial charge in [0.25, 0.3) is 0 Å². The highest BCUT2D eigenvalue weighted by Gasteiger charge is 2.35. The van der Waals surface area contributed by atoms with Crippen LogP contribution < -0.4 is 10.0 Å². The number of aromatic nitrogens is 2. The van der Waals surface area contributed by atoms with E-state index in [1.54, 1.807) is 49.5 Å². The van der Waals surface area contributed by atoms with Gasteiger partial charge in [0.1, 0.15) is 5.92 Å². The smallest absolute Gasteiger partial charge is 0.338 e. The molecule has 0 spiro atoms. The number of hydrogen-bond donors (Lipinski definition) is 1. The average molecular weight is 542 g/mol. The number of anilines is 1. The molecule has 5 rings (SSSR count). The van der Waals surface area contributed by atoms with Gasteiger partial charge < -0.3 is 15.3 Å². The van der Waals surface area contributed by atoms with Gasteiger partial charge in [0.05, 0.1) is 17.9 Å². The van der Waals surface area contributed by atoms with Gasteiger partial charge in [-0.3, -0.25) is 9.78 Å². The van der Waals surface area contributed by atoms with Gasteiger partial charge in [-0.2, -0.15) is 4.73 Å². The lowest BCUT2D eigenvalue weighted by molar-refractivity contribution is -0.614. The quantitative estimate of drug-likeness (QED) is 0.150. The van der Waals surface area contributed by atoms with Gasteiger partial charge in [-0.15, -0.1) is 0 Å². The second-order valence-corrected chi connectivity index (χ2v) is 10.0. The molecule has 1 saturated carbocycles. The molecule has 2 aromatic carbocycles. The molecular formula is C31H28ClN3O4. The fourth-order valence-corrected chi connectivity index (χ4v) is 4.78. The van der Waals surface area contributed by atoms with Crippen molar-refractivity contribution in [3.8, 4) is 22.4 Å². The Morgan fingerprint density at radius 1 is 1.08 bits per heavy atom. The number of esters is 1. The molecule has 1 atom stereocenters. The standard InChI is InChI=1S/C31H28ClN3O4/c1-2-39-31(37)21-8-12-24(13-9-21)34-30(36)27(17-20-6-7-20)29-15-10-22(19-35(29)38)26-18-23(32)11-14-25(26)28-5-3-4-16-33-28/h3-5,8-16,18-20,27H,2,6-7,17H2,1H3,(H,34,36). The van der Waals surface area contributed by atoms with Crippen LogP contribution in [0.15, 0.2) is 85.2 Å². The normalized spacial score (nSPS) is 13.5. The second-order valence-electron chi connectivity index (χ2n) is 9.59. The Balaban J connectivity index is 1.42. The van der Waals surface area contributed by atoms with Crippen LogP contribution in [0, 0.1) is 11.1 Å². The molecule has 7 nitrogen and oxygen atoms in total. The summed E-state index contributed by atoms with van der Waals surface area (Å²) in [6.45, 7) is 2.03. The summed E-state index contributed by atoms with van der Waals surface area (Å²) >= 11 is 6.32. The van der Waals surface area contributed by atoms with Crippen LogP contribution in [-0.4, -0.2) is 23.5 Å². The minimum absolute atomic E-state index is 0.264. The molecule has 2 heterocycles. The van der Waals surface area contributed by atoms with Gasteiger partial charge in [-0.1, -0.05) is 36.6 Å². The third kappa shape index (κ3) is 6.26. The highest BCUT2D eigenvalue weighted by atomic mass is 35.5. The number of benzene rings is 2. The van der Waals surface area contributed by atoms with Crippen molar-refractivity contribution >= 4 is 29.2 Å². The van der Waals surface area contributed by atoms with E-state index < -0.39 is 11.9 Å². The number of carbonyl (C=O) groups excluding carboxylic acids is 2. The number of carbonyl (C=O) groups is 2. The molecule has 1 unspecified atom stereocenters. The fraction of sp³-hybridized carbons (Fsp3) is 0.226. The van der Waals surface area contributed by atoms with Crippen LogP contribution in [0.4, 0.5) is 5.69 Å². The lowest BCUT2D eigenvalue weighted by Crippen LogP contribution is -2.37. The molecule has 8 heteroatoms. The van der Waals surface area contributed by atoms with Crippen molar-refractivity contribution in [1.82, 2.24) is 4.98 Å². The first-order valence-electron chi connectivity index (χ1n) is 13.0. The maximum Gasteiger partial charge on any atom is 0.338 e. The van der Waals surface area contributed by atoms with Gasteiger partial charge in [0, 0.05) is 34.1 Å². The van der Waals surface area contributed by atoms with Crippen LogP contribution in [0.25, 0.3) is 22.4 Å². The summed E-state index contributed by atoms with van der Waals surface area (Å²) in [6, 6.07) is 21.3. The second kappa shape index (κ2) is 11.7. The monoisotopic (exact) mass is 541 g/mol. The van der Waals surface area contributed by atoms with Crippen molar-refractivity contribution in [1.29, 1.82) is 0 Å². The van der Waals surface area contributed by atoms with Crippen molar-refractivity contribution < 1.29 is 19.1 Å². The van der Waals surface area contributed by atoms with E-state index in [0.29, 0.717) is 39.9 Å². The number of nitrogens with zero attached hydrogens (tertiary/aromatic N) is 2. The molecule has 0 aliphatic heterocycles. The minimum atomic E-state index is -0.622. The zero-order valence-corrected chi connectivity index (χ0v) is 22.2. The third-order valence-corrected chi connectivity index (χ3v) is 7.02. The molecule has 0 radical (unpaired) electrons. The van der Waals surface area contributed by atoms with E-state index in [2.05, 4.69) is 10.3 Å². The predicted octanol–water partition coefficient (Wildman–Crippen LogP) is 6.40. The highest BCUT2D eigenvalue weighted by molar-refractivity contribution is 6.31. The summed E-state index contributed by atoms with van der Waals surface area (Å²) in [7, 11) is 0. The lowest BCUT2D eigenvalue weighted by atomic mass is 9.94. The molecular weight excluding hydrogens is 514 g/mol. The van der Waals surface area contributed by atoms with Crippen LogP contribution in [-0.2, 0) is 9.53 Å². The van der Waals surface area contributed by atoms with Crippen molar-refractivity contribution in [2.45, 2.75) is 32.1 Å². The minimum Gasteiger partial charge on any atom is -0.618 e. The summed E-state index contributed by atoms with van der Waals surface area (Å²) in [6.07, 6.45) is 5.89. The van der Waals surface area contributed by atoms with Gasteiger partial charge in [0.15, 0.2) is 6.20 Å². The maximum atomic E-state index is 13.4. The van der Waals surface area contributed by atoms with Crippen LogP contribution in [0.2, 0.25) is 5.02 Å². The molecule has 1 aliphatic rings. The number of pyridine rings is 2. The van der Waals surface area contributed by atoms with E-state index in [0.717, 1.165) is 34.4 Å². The summed E-state index contributed by atoms with van der Waals surface area (Å²) in [4.78, 5) is 29.8. The Morgan fingerprint density at radius 2 is 1.87 bits per heavy atom. The van der Waals surface area contributed by atoms with E-state index in [9.17, 15) is 14.8 Å². The first kappa shape index (κ1) is 26.4. The summed E-state index contributed by atoms with van der Waals surface area (Å²) < 4.78 is 5.80. The Morgan fingerprint density at radius 3 is 2.54 bits per heavy atom. The number of hydrogen-bond acceptors (Lipinski definition) is 5. The largest absolute Gasteiger partial charge is 0.618 e. The first-order valence-corrected chi connectivity index (χ1v) is 13.3. The van der Waals surface area contributed by atoms with Gasteiger partial charge >= 0.3 is 5.97 Å². The molecule has 198 valence electrons.